The van der Waals surface area contributed by atoms with Crippen LogP contribution in [0.5, 0.6) is 0 Å². The van der Waals surface area contributed by atoms with Crippen molar-refractivity contribution in [3.05, 3.63) is 59.1 Å². The third-order valence-electron chi connectivity index (χ3n) is 4.14. The minimum Gasteiger partial charge on any atom is -0.361 e. The highest BCUT2D eigenvalue weighted by atomic mass is 32.2. The van der Waals surface area contributed by atoms with Gasteiger partial charge in [-0.3, -0.25) is 9.36 Å². The Morgan fingerprint density at radius 3 is 2.86 bits per heavy atom. The molecule has 0 saturated carbocycles. The largest absolute Gasteiger partial charge is 0.361 e. The van der Waals surface area contributed by atoms with E-state index in [0.717, 1.165) is 21.6 Å². The van der Waals surface area contributed by atoms with Crippen LogP contribution in [0, 0.1) is 13.8 Å². The van der Waals surface area contributed by atoms with Crippen LogP contribution in [0.4, 0.5) is 8.78 Å². The molecule has 7 nitrogen and oxygen atoms in total. The molecule has 0 spiro atoms. The number of thioether (sulfide) groups is 1. The number of carbonyl (C=O) groups is 1. The van der Waals surface area contributed by atoms with Gasteiger partial charge in [-0.1, -0.05) is 5.16 Å². The second-order valence-electron chi connectivity index (χ2n) is 5.98. The molecule has 3 aromatic heterocycles. The van der Waals surface area contributed by atoms with Crippen LogP contribution in [0.3, 0.4) is 0 Å². The summed E-state index contributed by atoms with van der Waals surface area (Å²) in [7, 11) is 0. The highest BCUT2D eigenvalue weighted by molar-refractivity contribution is 7.98. The van der Waals surface area contributed by atoms with Crippen LogP contribution < -0.4 is 5.32 Å². The Morgan fingerprint density at radius 1 is 1.32 bits per heavy atom. The molecule has 1 N–H and O–H groups in total. The number of hydrogen-bond donors (Lipinski definition) is 1. The number of alkyl halides is 2. The molecule has 0 saturated heterocycles. The number of amides is 1. The predicted molar refractivity (Wildman–Crippen MR) is 99.3 cm³/mol. The van der Waals surface area contributed by atoms with E-state index in [0.29, 0.717) is 16.3 Å². The van der Waals surface area contributed by atoms with Crippen LogP contribution in [0.2, 0.25) is 0 Å². The minimum absolute atomic E-state index is 0.186. The first-order valence-corrected chi connectivity index (χ1v) is 9.53. The van der Waals surface area contributed by atoms with E-state index in [-0.39, 0.29) is 24.7 Å². The number of pyridine rings is 1. The molecule has 0 aliphatic rings. The predicted octanol–water partition coefficient (Wildman–Crippen LogP) is 3.54. The van der Waals surface area contributed by atoms with Crippen molar-refractivity contribution in [1.29, 1.82) is 0 Å². The van der Waals surface area contributed by atoms with Gasteiger partial charge in [-0.05, 0) is 26.0 Å². The van der Waals surface area contributed by atoms with Gasteiger partial charge in [-0.25, -0.2) is 9.97 Å². The Balaban J connectivity index is 1.61. The molecule has 28 heavy (non-hydrogen) atoms. The first-order valence-electron chi connectivity index (χ1n) is 8.55. The molecule has 0 radical (unpaired) electrons. The molecule has 3 heterocycles. The van der Waals surface area contributed by atoms with E-state index < -0.39 is 6.55 Å². The first-order chi connectivity index (χ1) is 13.5. The number of aromatic nitrogens is 4. The lowest BCUT2D eigenvalue weighted by molar-refractivity contribution is 0.0670. The minimum atomic E-state index is -2.65. The summed E-state index contributed by atoms with van der Waals surface area (Å²) >= 11 is 1.41. The molecule has 0 unspecified atom stereocenters. The van der Waals surface area contributed by atoms with Crippen molar-refractivity contribution in [2.45, 2.75) is 37.6 Å². The van der Waals surface area contributed by atoms with E-state index in [4.69, 9.17) is 4.52 Å². The average Bonchev–Trinajstić information content (AvgIpc) is 3.27. The van der Waals surface area contributed by atoms with Gasteiger partial charge in [0, 0.05) is 42.9 Å². The smallest absolute Gasteiger partial charge is 0.319 e. The average molecular weight is 407 g/mol. The van der Waals surface area contributed by atoms with Crippen molar-refractivity contribution in [3.63, 3.8) is 0 Å². The van der Waals surface area contributed by atoms with Crippen LogP contribution in [0.15, 0.2) is 40.3 Å². The molecule has 1 amide bonds. The third-order valence-corrected chi connectivity index (χ3v) is 5.18. The number of halogens is 2. The topological polar surface area (TPSA) is 85.8 Å². The van der Waals surface area contributed by atoms with Crippen LogP contribution in [0.25, 0.3) is 0 Å². The van der Waals surface area contributed by atoms with Crippen LogP contribution >= 0.6 is 11.8 Å². The summed E-state index contributed by atoms with van der Waals surface area (Å²) in [6.07, 6.45) is 4.34. The summed E-state index contributed by atoms with van der Waals surface area (Å²) in [6.45, 7) is 1.23. The lowest BCUT2D eigenvalue weighted by Gasteiger charge is -2.10. The maximum Gasteiger partial charge on any atom is 0.319 e. The number of carbonyl (C=O) groups excluding carboxylic acids is 1. The number of hydrogen-bond acceptors (Lipinski definition) is 6. The van der Waals surface area contributed by atoms with Crippen LogP contribution in [-0.2, 0) is 12.2 Å². The second kappa shape index (κ2) is 8.96. The van der Waals surface area contributed by atoms with E-state index in [1.807, 2.05) is 13.8 Å². The maximum atomic E-state index is 12.8. The number of nitrogens with one attached hydrogen (secondary N) is 1. The molecule has 3 aromatic rings. The van der Waals surface area contributed by atoms with Crippen molar-refractivity contribution >= 4 is 17.7 Å². The molecule has 0 aliphatic carbocycles. The molecule has 10 heteroatoms. The van der Waals surface area contributed by atoms with Gasteiger partial charge >= 0.3 is 6.55 Å². The molecule has 0 bridgehead atoms. The zero-order valence-corrected chi connectivity index (χ0v) is 16.2. The lowest BCUT2D eigenvalue weighted by Crippen LogP contribution is -2.27. The molecule has 3 rings (SSSR count). The molecular formula is C18H19F2N5O2S. The summed E-state index contributed by atoms with van der Waals surface area (Å²) < 4.78 is 31.6. The third kappa shape index (κ3) is 4.56. The van der Waals surface area contributed by atoms with Gasteiger partial charge in [-0.2, -0.15) is 8.78 Å². The fourth-order valence-corrected chi connectivity index (χ4v) is 3.77. The molecule has 148 valence electrons. The fraction of sp³-hybridized carbons (Fsp3) is 0.333. The van der Waals surface area contributed by atoms with Crippen molar-refractivity contribution in [2.75, 3.05) is 6.54 Å². The van der Waals surface area contributed by atoms with Crippen molar-refractivity contribution in [3.8, 4) is 0 Å². The zero-order chi connectivity index (χ0) is 20.1. The van der Waals surface area contributed by atoms with E-state index >= 15 is 0 Å². The van der Waals surface area contributed by atoms with Crippen LogP contribution in [0.1, 0.15) is 39.7 Å². The summed E-state index contributed by atoms with van der Waals surface area (Å²) in [5.74, 6) is 1.21. The van der Waals surface area contributed by atoms with E-state index in [1.165, 1.54) is 24.2 Å². The second-order valence-corrected chi connectivity index (χ2v) is 6.95. The Labute approximate surface area is 164 Å². The van der Waals surface area contributed by atoms with Crippen LogP contribution in [-0.4, -0.2) is 32.1 Å². The Kier molecular flexibility index (Phi) is 6.40. The molecule has 0 aromatic carbocycles. The van der Waals surface area contributed by atoms with Gasteiger partial charge in [0.2, 0.25) is 0 Å². The Hall–Kier alpha value is -2.75. The molecule has 0 atom stereocenters. The normalized spacial score (nSPS) is 11.2. The van der Waals surface area contributed by atoms with Gasteiger partial charge in [0.05, 0.1) is 11.3 Å². The monoisotopic (exact) mass is 407 g/mol. The molecular weight excluding hydrogens is 388 g/mol. The number of aryl methyl sites for hydroxylation is 2. The van der Waals surface area contributed by atoms with Crippen molar-refractivity contribution < 1.29 is 18.1 Å². The highest BCUT2D eigenvalue weighted by Gasteiger charge is 2.16. The van der Waals surface area contributed by atoms with Gasteiger partial charge in [0.15, 0.2) is 0 Å². The molecule has 0 fully saturated rings. The highest BCUT2D eigenvalue weighted by Crippen LogP contribution is 2.27. The molecule has 0 aliphatic heterocycles. The quantitative estimate of drug-likeness (QED) is 0.575. The Bertz CT molecular complexity index is 938. The summed E-state index contributed by atoms with van der Waals surface area (Å²) in [5.41, 5.74) is 2.21. The number of imidazole rings is 1. The summed E-state index contributed by atoms with van der Waals surface area (Å²) in [5, 5.41) is 7.24. The standard InChI is InChI=1S/C18H19F2N5O2S/c1-11-14(12(2)27-24-11)10-28-17-13(4-3-6-23-17)16(26)22-7-5-15-21-8-9-25(15)18(19)20/h3-4,6,8-9,18H,5,7,10H2,1-2H3,(H,22,26). The summed E-state index contributed by atoms with van der Waals surface area (Å²) in [6, 6.07) is 3.36. The van der Waals surface area contributed by atoms with Gasteiger partial charge in [0.1, 0.15) is 16.6 Å². The van der Waals surface area contributed by atoms with E-state index in [1.54, 1.807) is 18.3 Å². The SMILES string of the molecule is Cc1noc(C)c1CSc1ncccc1C(=O)NCCc1nccn1C(F)F. The number of rotatable bonds is 8. The van der Waals surface area contributed by atoms with Gasteiger partial charge in [0.25, 0.3) is 5.91 Å². The Morgan fingerprint density at radius 2 is 2.14 bits per heavy atom. The number of nitrogens with zero attached hydrogens (tertiary/aromatic N) is 4. The van der Waals surface area contributed by atoms with Crippen molar-refractivity contribution in [2.24, 2.45) is 0 Å². The van der Waals surface area contributed by atoms with E-state index in [2.05, 4.69) is 20.4 Å². The zero-order valence-electron chi connectivity index (χ0n) is 15.4. The van der Waals surface area contributed by atoms with Crippen molar-refractivity contribution in [1.82, 2.24) is 25.0 Å². The van der Waals surface area contributed by atoms with Gasteiger partial charge in [-0.15, -0.1) is 11.8 Å². The maximum absolute atomic E-state index is 12.8. The lowest BCUT2D eigenvalue weighted by atomic mass is 10.2. The van der Waals surface area contributed by atoms with Gasteiger partial charge < -0.3 is 9.84 Å². The first kappa shape index (κ1) is 20.0. The summed E-state index contributed by atoms with van der Waals surface area (Å²) in [4.78, 5) is 20.7. The van der Waals surface area contributed by atoms with E-state index in [9.17, 15) is 13.6 Å². The fourth-order valence-electron chi connectivity index (χ4n) is 2.63.